The van der Waals surface area contributed by atoms with Crippen molar-refractivity contribution in [3.63, 3.8) is 0 Å². The second kappa shape index (κ2) is 7.79. The summed E-state index contributed by atoms with van der Waals surface area (Å²) in [7, 11) is 1.63. The number of rotatable bonds is 5. The fraction of sp³-hybridized carbons (Fsp3) is 0.263. The summed E-state index contributed by atoms with van der Waals surface area (Å²) in [5.74, 6) is 0.865. The van der Waals surface area contributed by atoms with Crippen LogP contribution in [0.15, 0.2) is 59.8 Å². The van der Waals surface area contributed by atoms with E-state index in [1.807, 2.05) is 59.5 Å². The number of piperidine rings is 1. The number of hydrogen-bond acceptors (Lipinski definition) is 6. The number of ether oxygens (including phenoxy) is 1. The van der Waals surface area contributed by atoms with Gasteiger partial charge in [0, 0.05) is 12.2 Å². The summed E-state index contributed by atoms with van der Waals surface area (Å²) in [5.41, 5.74) is 1.76. The molecule has 1 amide bonds. The molecule has 27 heavy (non-hydrogen) atoms. The number of methoxy groups -OCH3 is 1. The fourth-order valence-corrected chi connectivity index (χ4v) is 4.17. The minimum atomic E-state index is -0.207. The van der Waals surface area contributed by atoms with Crippen molar-refractivity contribution in [3.8, 4) is 11.4 Å². The zero-order valence-electron chi connectivity index (χ0n) is 14.9. The van der Waals surface area contributed by atoms with E-state index in [2.05, 4.69) is 15.5 Å². The number of amides is 1. The molecule has 1 saturated heterocycles. The molecule has 1 aliphatic heterocycles. The van der Waals surface area contributed by atoms with Crippen molar-refractivity contribution in [1.82, 2.24) is 20.2 Å². The van der Waals surface area contributed by atoms with Gasteiger partial charge < -0.3 is 9.64 Å². The van der Waals surface area contributed by atoms with Crippen molar-refractivity contribution >= 4 is 23.4 Å². The summed E-state index contributed by atoms with van der Waals surface area (Å²) in [6.07, 6.45) is 1.75. The van der Waals surface area contributed by atoms with Crippen LogP contribution in [0.25, 0.3) is 5.69 Å². The van der Waals surface area contributed by atoms with Gasteiger partial charge in [-0.25, -0.2) is 0 Å². The Labute approximate surface area is 161 Å². The van der Waals surface area contributed by atoms with Crippen LogP contribution in [-0.4, -0.2) is 45.0 Å². The SMILES string of the molecule is COc1ccc(-n2nnnc2SC2CCCN(c3ccccc3)C2=O)cc1. The Balaban J connectivity index is 1.54. The van der Waals surface area contributed by atoms with E-state index < -0.39 is 0 Å². The Morgan fingerprint density at radius 1 is 1.07 bits per heavy atom. The van der Waals surface area contributed by atoms with Crippen molar-refractivity contribution in [2.24, 2.45) is 0 Å². The third kappa shape index (κ3) is 3.66. The monoisotopic (exact) mass is 381 g/mol. The molecule has 1 aromatic heterocycles. The predicted molar refractivity (Wildman–Crippen MR) is 103 cm³/mol. The number of hydrogen-bond donors (Lipinski definition) is 0. The molecule has 0 N–H and O–H groups in total. The second-order valence-corrected chi connectivity index (χ2v) is 7.32. The van der Waals surface area contributed by atoms with Crippen molar-refractivity contribution in [3.05, 3.63) is 54.6 Å². The molecule has 2 heterocycles. The summed E-state index contributed by atoms with van der Waals surface area (Å²) in [5, 5.41) is 12.4. The van der Waals surface area contributed by atoms with Gasteiger partial charge in [0.15, 0.2) is 0 Å². The number of benzene rings is 2. The predicted octanol–water partition coefficient (Wildman–Crippen LogP) is 2.96. The summed E-state index contributed by atoms with van der Waals surface area (Å²) in [4.78, 5) is 14.8. The summed E-state index contributed by atoms with van der Waals surface area (Å²) < 4.78 is 6.84. The van der Waals surface area contributed by atoms with Crippen molar-refractivity contribution in [1.29, 1.82) is 0 Å². The molecule has 0 bridgehead atoms. The second-order valence-electron chi connectivity index (χ2n) is 6.15. The summed E-state index contributed by atoms with van der Waals surface area (Å²) in [6.45, 7) is 0.739. The molecule has 0 aliphatic carbocycles. The summed E-state index contributed by atoms with van der Waals surface area (Å²) in [6, 6.07) is 17.3. The number of carbonyl (C=O) groups is 1. The normalized spacial score (nSPS) is 17.1. The van der Waals surface area contributed by atoms with Crippen LogP contribution in [0.2, 0.25) is 0 Å². The molecule has 4 rings (SSSR count). The molecule has 0 saturated carbocycles. The van der Waals surface area contributed by atoms with Crippen LogP contribution < -0.4 is 9.64 Å². The van der Waals surface area contributed by atoms with Gasteiger partial charge in [-0.1, -0.05) is 30.0 Å². The first-order valence-electron chi connectivity index (χ1n) is 8.72. The quantitative estimate of drug-likeness (QED) is 0.677. The molecule has 3 aromatic rings. The van der Waals surface area contributed by atoms with Crippen LogP contribution in [0.4, 0.5) is 5.69 Å². The van der Waals surface area contributed by atoms with E-state index in [1.165, 1.54) is 11.8 Å². The Morgan fingerprint density at radius 3 is 2.59 bits per heavy atom. The number of anilines is 1. The largest absolute Gasteiger partial charge is 0.497 e. The fourth-order valence-electron chi connectivity index (χ4n) is 3.08. The first-order chi connectivity index (χ1) is 13.3. The smallest absolute Gasteiger partial charge is 0.240 e. The lowest BCUT2D eigenvalue weighted by Gasteiger charge is -2.31. The molecule has 1 fully saturated rings. The molecule has 0 radical (unpaired) electrons. The van der Waals surface area contributed by atoms with Gasteiger partial charge in [-0.05, 0) is 59.7 Å². The van der Waals surface area contributed by atoms with Crippen molar-refractivity contribution in [2.75, 3.05) is 18.6 Å². The number of tetrazole rings is 1. The molecule has 2 aromatic carbocycles. The van der Waals surface area contributed by atoms with Gasteiger partial charge >= 0.3 is 0 Å². The average Bonchev–Trinajstić information content (AvgIpc) is 3.18. The zero-order chi connectivity index (χ0) is 18.6. The van der Waals surface area contributed by atoms with Gasteiger partial charge in [-0.3, -0.25) is 4.79 Å². The van der Waals surface area contributed by atoms with Crippen LogP contribution in [0, 0.1) is 0 Å². The Kier molecular flexibility index (Phi) is 5.06. The maximum Gasteiger partial charge on any atom is 0.240 e. The van der Waals surface area contributed by atoms with E-state index in [4.69, 9.17) is 4.74 Å². The van der Waals surface area contributed by atoms with Gasteiger partial charge in [-0.2, -0.15) is 4.68 Å². The van der Waals surface area contributed by atoms with Crippen LogP contribution in [-0.2, 0) is 4.79 Å². The number of aromatic nitrogens is 4. The molecule has 0 spiro atoms. The maximum atomic E-state index is 13.0. The number of carbonyl (C=O) groups excluding carboxylic acids is 1. The van der Waals surface area contributed by atoms with E-state index in [0.717, 1.165) is 36.5 Å². The van der Waals surface area contributed by atoms with Crippen LogP contribution in [0.5, 0.6) is 5.75 Å². The lowest BCUT2D eigenvalue weighted by atomic mass is 10.1. The summed E-state index contributed by atoms with van der Waals surface area (Å²) >= 11 is 1.41. The third-order valence-corrected chi connectivity index (χ3v) is 5.65. The van der Waals surface area contributed by atoms with E-state index in [1.54, 1.807) is 11.8 Å². The van der Waals surface area contributed by atoms with Crippen LogP contribution >= 0.6 is 11.8 Å². The number of thioether (sulfide) groups is 1. The Hall–Kier alpha value is -2.87. The highest BCUT2D eigenvalue weighted by Gasteiger charge is 2.32. The first-order valence-corrected chi connectivity index (χ1v) is 9.60. The maximum absolute atomic E-state index is 13.0. The van der Waals surface area contributed by atoms with Gasteiger partial charge in [-0.15, -0.1) is 5.10 Å². The highest BCUT2D eigenvalue weighted by atomic mass is 32.2. The molecule has 8 heteroatoms. The molecule has 138 valence electrons. The topological polar surface area (TPSA) is 73.1 Å². The van der Waals surface area contributed by atoms with Crippen LogP contribution in [0.3, 0.4) is 0 Å². The average molecular weight is 381 g/mol. The standard InChI is InChI=1S/C19H19N5O2S/c1-26-16-11-9-15(10-12-16)24-19(20-21-22-24)27-17-8-5-13-23(18(17)25)14-6-3-2-4-7-14/h2-4,6-7,9-12,17H,5,8,13H2,1H3. The van der Waals surface area contributed by atoms with Crippen molar-refractivity contribution < 1.29 is 9.53 Å². The highest BCUT2D eigenvalue weighted by Crippen LogP contribution is 2.32. The van der Waals surface area contributed by atoms with Crippen LogP contribution in [0.1, 0.15) is 12.8 Å². The van der Waals surface area contributed by atoms with E-state index in [-0.39, 0.29) is 11.2 Å². The molecular weight excluding hydrogens is 362 g/mol. The van der Waals surface area contributed by atoms with E-state index in [0.29, 0.717) is 5.16 Å². The minimum Gasteiger partial charge on any atom is -0.497 e. The lowest BCUT2D eigenvalue weighted by Crippen LogP contribution is -2.43. The van der Waals surface area contributed by atoms with Gasteiger partial charge in [0.05, 0.1) is 18.0 Å². The number of para-hydroxylation sites is 1. The van der Waals surface area contributed by atoms with Crippen molar-refractivity contribution in [2.45, 2.75) is 23.2 Å². The first kappa shape index (κ1) is 17.5. The van der Waals surface area contributed by atoms with E-state index >= 15 is 0 Å². The Bertz CT molecular complexity index is 913. The molecular formula is C19H19N5O2S. The number of nitrogens with zero attached hydrogens (tertiary/aromatic N) is 5. The Morgan fingerprint density at radius 2 is 1.85 bits per heavy atom. The highest BCUT2D eigenvalue weighted by molar-refractivity contribution is 8.00. The van der Waals surface area contributed by atoms with E-state index in [9.17, 15) is 4.79 Å². The van der Waals surface area contributed by atoms with Gasteiger partial charge in [0.2, 0.25) is 11.1 Å². The lowest BCUT2D eigenvalue weighted by molar-refractivity contribution is -0.119. The minimum absolute atomic E-state index is 0.0988. The molecule has 7 nitrogen and oxygen atoms in total. The van der Waals surface area contributed by atoms with Gasteiger partial charge in [0.1, 0.15) is 5.75 Å². The molecule has 1 unspecified atom stereocenters. The molecule has 1 aliphatic rings. The zero-order valence-corrected chi connectivity index (χ0v) is 15.7. The third-order valence-electron chi connectivity index (χ3n) is 4.46. The van der Waals surface area contributed by atoms with Gasteiger partial charge in [0.25, 0.3) is 0 Å². The molecule has 1 atom stereocenters.